The molecule has 0 aromatic carbocycles. The maximum atomic E-state index is 11.8. The van der Waals surface area contributed by atoms with Crippen molar-refractivity contribution in [3.05, 3.63) is 0 Å². The van der Waals surface area contributed by atoms with Crippen molar-refractivity contribution in [2.45, 2.75) is 70.3 Å². The van der Waals surface area contributed by atoms with Crippen molar-refractivity contribution in [2.75, 3.05) is 6.54 Å². The lowest BCUT2D eigenvalue weighted by Crippen LogP contribution is -2.50. The van der Waals surface area contributed by atoms with Crippen LogP contribution in [0.25, 0.3) is 0 Å². The van der Waals surface area contributed by atoms with Crippen LogP contribution in [-0.4, -0.2) is 18.0 Å². The van der Waals surface area contributed by atoms with E-state index in [-0.39, 0.29) is 11.4 Å². The van der Waals surface area contributed by atoms with Crippen LogP contribution < -0.4 is 11.1 Å². The van der Waals surface area contributed by atoms with Gasteiger partial charge in [-0.1, -0.05) is 26.2 Å². The predicted octanol–water partition coefficient (Wildman–Crippen LogP) is 2.59. The fraction of sp³-hybridized carbons (Fsp3) is 0.933. The van der Waals surface area contributed by atoms with E-state index in [0.717, 1.165) is 37.6 Å². The summed E-state index contributed by atoms with van der Waals surface area (Å²) in [5.41, 5.74) is 5.90. The summed E-state index contributed by atoms with van der Waals surface area (Å²) < 4.78 is 0. The molecule has 0 aromatic heterocycles. The van der Waals surface area contributed by atoms with Crippen molar-refractivity contribution >= 4 is 5.91 Å². The van der Waals surface area contributed by atoms with Crippen molar-refractivity contribution < 1.29 is 4.79 Å². The van der Waals surface area contributed by atoms with Crippen molar-refractivity contribution in [1.29, 1.82) is 0 Å². The van der Waals surface area contributed by atoms with Gasteiger partial charge in [-0.15, -0.1) is 0 Å². The van der Waals surface area contributed by atoms with Crippen molar-refractivity contribution in [1.82, 2.24) is 5.32 Å². The Kier molecular flexibility index (Phi) is 4.66. The summed E-state index contributed by atoms with van der Waals surface area (Å²) in [6.07, 6.45) is 10.3. The molecular weight excluding hydrogens is 224 g/mol. The molecule has 2 atom stereocenters. The summed E-state index contributed by atoms with van der Waals surface area (Å²) in [7, 11) is 0. The summed E-state index contributed by atoms with van der Waals surface area (Å²) in [5.74, 6) is 1.85. The first-order chi connectivity index (χ1) is 8.57. The maximum absolute atomic E-state index is 11.8. The fourth-order valence-electron chi connectivity index (χ4n) is 3.43. The molecule has 2 aliphatic carbocycles. The first kappa shape index (κ1) is 13.9. The lowest BCUT2D eigenvalue weighted by Gasteiger charge is -2.37. The lowest BCUT2D eigenvalue weighted by molar-refractivity contribution is -0.123. The Balaban J connectivity index is 1.58. The van der Waals surface area contributed by atoms with Crippen LogP contribution in [0.2, 0.25) is 0 Å². The minimum absolute atomic E-state index is 0.154. The van der Waals surface area contributed by atoms with E-state index in [1.54, 1.807) is 0 Å². The number of amides is 1. The molecule has 2 fully saturated rings. The number of carbonyl (C=O) groups is 1. The largest absolute Gasteiger partial charge is 0.356 e. The predicted molar refractivity (Wildman–Crippen MR) is 74.1 cm³/mol. The van der Waals surface area contributed by atoms with Gasteiger partial charge in [0.1, 0.15) is 0 Å². The van der Waals surface area contributed by atoms with E-state index in [4.69, 9.17) is 5.73 Å². The molecule has 0 saturated heterocycles. The lowest BCUT2D eigenvalue weighted by atomic mass is 9.75. The summed E-state index contributed by atoms with van der Waals surface area (Å²) in [5, 5.41) is 3.05. The van der Waals surface area contributed by atoms with Gasteiger partial charge in [-0.3, -0.25) is 4.79 Å². The number of carbonyl (C=O) groups excluding carboxylic acids is 1. The molecule has 2 saturated carbocycles. The van der Waals surface area contributed by atoms with Gasteiger partial charge in [0, 0.05) is 18.5 Å². The third kappa shape index (κ3) is 3.98. The van der Waals surface area contributed by atoms with Crippen LogP contribution in [-0.2, 0) is 4.79 Å². The normalized spacial score (nSPS) is 30.6. The topological polar surface area (TPSA) is 55.1 Å². The monoisotopic (exact) mass is 252 g/mol. The van der Waals surface area contributed by atoms with Gasteiger partial charge in [0.2, 0.25) is 5.91 Å². The second kappa shape index (κ2) is 6.05. The summed E-state index contributed by atoms with van der Waals surface area (Å²) in [6.45, 7) is 3.19. The molecule has 2 rings (SSSR count). The van der Waals surface area contributed by atoms with E-state index in [2.05, 4.69) is 12.2 Å². The molecule has 2 aliphatic rings. The van der Waals surface area contributed by atoms with E-state index >= 15 is 0 Å². The number of hydrogen-bond acceptors (Lipinski definition) is 2. The van der Waals surface area contributed by atoms with E-state index in [9.17, 15) is 4.79 Å². The molecule has 0 radical (unpaired) electrons. The zero-order valence-electron chi connectivity index (χ0n) is 11.7. The van der Waals surface area contributed by atoms with E-state index < -0.39 is 0 Å². The Morgan fingerprint density at radius 2 is 2.11 bits per heavy atom. The smallest absolute Gasteiger partial charge is 0.221 e. The van der Waals surface area contributed by atoms with Gasteiger partial charge < -0.3 is 11.1 Å². The average molecular weight is 252 g/mol. The quantitative estimate of drug-likeness (QED) is 0.790. The first-order valence-corrected chi connectivity index (χ1v) is 7.63. The highest BCUT2D eigenvalue weighted by Crippen LogP contribution is 2.32. The average Bonchev–Trinajstić information content (AvgIpc) is 2.27. The molecular formula is C15H28N2O. The van der Waals surface area contributed by atoms with E-state index in [0.29, 0.717) is 6.42 Å². The molecule has 3 heteroatoms. The molecule has 0 bridgehead atoms. The van der Waals surface area contributed by atoms with Gasteiger partial charge in [-0.2, -0.15) is 0 Å². The molecule has 0 aromatic rings. The number of rotatable bonds is 5. The minimum atomic E-state index is -0.177. The molecule has 18 heavy (non-hydrogen) atoms. The van der Waals surface area contributed by atoms with Crippen LogP contribution in [0.15, 0.2) is 0 Å². The Morgan fingerprint density at radius 3 is 2.72 bits per heavy atom. The standard InChI is InChI=1S/C15H28N2O/c1-12-4-2-5-13(10-12)6-9-17-14(18)11-15(16)7-3-8-15/h12-13H,2-11,16H2,1H3,(H,17,18). The van der Waals surface area contributed by atoms with Gasteiger partial charge in [0.05, 0.1) is 0 Å². The first-order valence-electron chi connectivity index (χ1n) is 7.63. The highest BCUT2D eigenvalue weighted by atomic mass is 16.1. The van der Waals surface area contributed by atoms with Crippen molar-refractivity contribution in [2.24, 2.45) is 17.6 Å². The summed E-state index contributed by atoms with van der Waals surface area (Å²) in [4.78, 5) is 11.8. The van der Waals surface area contributed by atoms with Crippen LogP contribution in [0.4, 0.5) is 0 Å². The molecule has 1 amide bonds. The fourth-order valence-corrected chi connectivity index (χ4v) is 3.43. The van der Waals surface area contributed by atoms with Crippen LogP contribution in [0.5, 0.6) is 0 Å². The minimum Gasteiger partial charge on any atom is -0.356 e. The van der Waals surface area contributed by atoms with E-state index in [1.165, 1.54) is 32.1 Å². The summed E-state index contributed by atoms with van der Waals surface area (Å²) >= 11 is 0. The molecule has 0 spiro atoms. The Bertz CT molecular complexity index is 286. The number of nitrogens with two attached hydrogens (primary N) is 1. The third-order valence-electron chi connectivity index (χ3n) is 4.78. The van der Waals surface area contributed by atoms with Gasteiger partial charge in [0.25, 0.3) is 0 Å². The second-order valence-corrected chi connectivity index (χ2v) is 6.67. The highest BCUT2D eigenvalue weighted by Gasteiger charge is 2.34. The molecule has 2 unspecified atom stereocenters. The van der Waals surface area contributed by atoms with Crippen molar-refractivity contribution in [3.8, 4) is 0 Å². The van der Waals surface area contributed by atoms with Crippen LogP contribution in [0.3, 0.4) is 0 Å². The van der Waals surface area contributed by atoms with Crippen LogP contribution in [0.1, 0.15) is 64.7 Å². The zero-order valence-corrected chi connectivity index (χ0v) is 11.7. The number of nitrogens with one attached hydrogen (secondary N) is 1. The highest BCUT2D eigenvalue weighted by molar-refractivity contribution is 5.77. The van der Waals surface area contributed by atoms with Gasteiger partial charge in [-0.25, -0.2) is 0 Å². The SMILES string of the molecule is CC1CCCC(CCNC(=O)CC2(N)CCC2)C1. The Morgan fingerprint density at radius 1 is 1.33 bits per heavy atom. The maximum Gasteiger partial charge on any atom is 0.221 e. The second-order valence-electron chi connectivity index (χ2n) is 6.67. The molecule has 104 valence electrons. The third-order valence-corrected chi connectivity index (χ3v) is 4.78. The van der Waals surface area contributed by atoms with Gasteiger partial charge in [0.15, 0.2) is 0 Å². The molecule has 0 aliphatic heterocycles. The molecule has 3 nitrogen and oxygen atoms in total. The van der Waals surface area contributed by atoms with Crippen molar-refractivity contribution in [3.63, 3.8) is 0 Å². The molecule has 3 N–H and O–H groups in total. The Labute approximate surface area is 111 Å². The van der Waals surface area contributed by atoms with Crippen LogP contribution in [0, 0.1) is 11.8 Å². The van der Waals surface area contributed by atoms with Crippen LogP contribution >= 0.6 is 0 Å². The molecule has 0 heterocycles. The van der Waals surface area contributed by atoms with Gasteiger partial charge >= 0.3 is 0 Å². The summed E-state index contributed by atoms with van der Waals surface area (Å²) in [6, 6.07) is 0. The number of hydrogen-bond donors (Lipinski definition) is 2. The van der Waals surface area contributed by atoms with Gasteiger partial charge in [-0.05, 0) is 43.9 Å². The zero-order chi connectivity index (χ0) is 13.0. The Hall–Kier alpha value is -0.570. The van der Waals surface area contributed by atoms with E-state index in [1.807, 2.05) is 0 Å².